The molecule has 10 heteroatoms. The van der Waals surface area contributed by atoms with E-state index in [-0.39, 0.29) is 23.1 Å². The molecule has 3 aromatic heterocycles. The van der Waals surface area contributed by atoms with Crippen LogP contribution in [0.2, 0.25) is 0 Å². The van der Waals surface area contributed by atoms with Gasteiger partial charge in [-0.05, 0) is 25.1 Å². The van der Waals surface area contributed by atoms with Gasteiger partial charge in [0.2, 0.25) is 5.95 Å². The largest absolute Gasteiger partial charge is 0.369 e. The van der Waals surface area contributed by atoms with Crippen LogP contribution in [-0.4, -0.2) is 31.3 Å². The number of hydrogen-bond donors (Lipinski definition) is 3. The first kappa shape index (κ1) is 19.7. The molecule has 0 bridgehead atoms. The fourth-order valence-electron chi connectivity index (χ4n) is 3.99. The molecule has 32 heavy (non-hydrogen) atoms. The lowest BCUT2D eigenvalue weighted by atomic mass is 10.1. The number of nitrogens with one attached hydrogen (secondary N) is 2. The minimum atomic E-state index is -0.596. The van der Waals surface area contributed by atoms with Crippen molar-refractivity contribution in [2.45, 2.75) is 19.4 Å². The number of hydrogen-bond acceptors (Lipinski definition) is 7. The van der Waals surface area contributed by atoms with Crippen molar-refractivity contribution in [3.63, 3.8) is 0 Å². The van der Waals surface area contributed by atoms with Crippen LogP contribution in [0.5, 0.6) is 0 Å². The van der Waals surface area contributed by atoms with Gasteiger partial charge in [0.15, 0.2) is 11.6 Å². The third kappa shape index (κ3) is 3.16. The second-order valence-corrected chi connectivity index (χ2v) is 7.57. The van der Waals surface area contributed by atoms with E-state index in [0.717, 1.165) is 0 Å². The van der Waals surface area contributed by atoms with Crippen LogP contribution in [0.3, 0.4) is 0 Å². The lowest BCUT2D eigenvalue weighted by Gasteiger charge is -2.24. The second kappa shape index (κ2) is 7.49. The van der Waals surface area contributed by atoms with Crippen LogP contribution in [-0.2, 0) is 0 Å². The first-order valence-electron chi connectivity index (χ1n) is 10.1. The Balaban J connectivity index is 1.67. The number of fused-ring (bicyclic) bond motifs is 2. The molecule has 0 saturated carbocycles. The fourth-order valence-corrected chi connectivity index (χ4v) is 3.99. The molecule has 0 radical (unpaired) electrons. The number of benzene rings is 1. The molecule has 1 aliphatic heterocycles. The molecule has 1 atom stereocenters. The molecule has 0 aliphatic carbocycles. The number of halogens is 1. The molecule has 0 spiro atoms. The van der Waals surface area contributed by atoms with E-state index in [1.54, 1.807) is 30.5 Å². The van der Waals surface area contributed by atoms with E-state index >= 15 is 0 Å². The summed E-state index contributed by atoms with van der Waals surface area (Å²) < 4.78 is 17.2. The molecule has 4 heterocycles. The third-order valence-electron chi connectivity index (χ3n) is 5.46. The Morgan fingerprint density at radius 1 is 1.19 bits per heavy atom. The quantitative estimate of drug-likeness (QED) is 0.453. The summed E-state index contributed by atoms with van der Waals surface area (Å²) in [7, 11) is 0. The van der Waals surface area contributed by atoms with Gasteiger partial charge in [-0.1, -0.05) is 18.2 Å². The number of anilines is 3. The van der Waals surface area contributed by atoms with Crippen molar-refractivity contribution in [2.24, 2.45) is 0 Å². The van der Waals surface area contributed by atoms with Gasteiger partial charge in [0.1, 0.15) is 22.7 Å². The van der Waals surface area contributed by atoms with Gasteiger partial charge in [0, 0.05) is 31.0 Å². The van der Waals surface area contributed by atoms with Crippen molar-refractivity contribution < 1.29 is 9.18 Å². The highest BCUT2D eigenvalue weighted by Crippen LogP contribution is 2.30. The summed E-state index contributed by atoms with van der Waals surface area (Å²) in [6, 6.07) is 9.73. The molecule has 0 unspecified atom stereocenters. The van der Waals surface area contributed by atoms with Gasteiger partial charge in [-0.15, -0.1) is 0 Å². The summed E-state index contributed by atoms with van der Waals surface area (Å²) in [5, 5.41) is 6.28. The fraction of sp³-hybridized carbons (Fsp3) is 0.182. The molecule has 1 aromatic carbocycles. The number of carbonyl (C=O) groups excluding carboxylic acids is 1. The number of para-hydroxylation sites is 1. The van der Waals surface area contributed by atoms with Gasteiger partial charge in [0.05, 0.1) is 11.7 Å². The molecule has 0 saturated heterocycles. The van der Waals surface area contributed by atoms with Crippen LogP contribution in [0.25, 0.3) is 11.2 Å². The number of nitrogens with two attached hydrogens (primary N) is 1. The summed E-state index contributed by atoms with van der Waals surface area (Å²) in [6.07, 6.45) is 3.49. The Morgan fingerprint density at radius 2 is 1.97 bits per heavy atom. The van der Waals surface area contributed by atoms with E-state index in [9.17, 15) is 14.0 Å². The van der Waals surface area contributed by atoms with Crippen LogP contribution < -0.4 is 21.9 Å². The SMILES string of the molecule is C[C@@H](Nc1nc(N)nc2c1C(=O)CCN2)c1cn2ccc(F)c2c(=O)n1-c1ccccc1. The second-order valence-electron chi connectivity index (χ2n) is 7.57. The Labute approximate surface area is 181 Å². The van der Waals surface area contributed by atoms with Crippen molar-refractivity contribution in [1.82, 2.24) is 18.9 Å². The number of aromatic nitrogens is 4. The topological polar surface area (TPSA) is 119 Å². The molecular weight excluding hydrogens is 413 g/mol. The standard InChI is InChI=1S/C22H20FN7O2/c1-12(26-20-17-16(31)7-9-25-19(17)27-22(24)28-20)15-11-29-10-8-14(23)18(29)21(32)30(15)13-5-3-2-4-6-13/h2-6,8,10-12H,7,9H2,1H3,(H4,24,25,26,27,28)/t12-/m1/s1. The number of carbonyl (C=O) groups is 1. The minimum absolute atomic E-state index is 0.0176. The van der Waals surface area contributed by atoms with E-state index in [1.165, 1.54) is 21.2 Å². The van der Waals surface area contributed by atoms with Gasteiger partial charge >= 0.3 is 0 Å². The molecule has 4 N–H and O–H groups in total. The van der Waals surface area contributed by atoms with Crippen LogP contribution in [0.1, 0.15) is 35.4 Å². The van der Waals surface area contributed by atoms with E-state index in [0.29, 0.717) is 35.7 Å². The van der Waals surface area contributed by atoms with Gasteiger partial charge in [-0.3, -0.25) is 14.2 Å². The Morgan fingerprint density at radius 3 is 2.75 bits per heavy atom. The lowest BCUT2D eigenvalue weighted by molar-refractivity contribution is 0.0984. The van der Waals surface area contributed by atoms with Gasteiger partial charge in [-0.2, -0.15) is 9.97 Å². The molecule has 5 rings (SSSR count). The smallest absolute Gasteiger partial charge is 0.282 e. The molecule has 162 valence electrons. The highest BCUT2D eigenvalue weighted by atomic mass is 19.1. The zero-order chi connectivity index (χ0) is 22.4. The summed E-state index contributed by atoms with van der Waals surface area (Å²) in [5.41, 5.74) is 6.78. The highest BCUT2D eigenvalue weighted by Gasteiger charge is 2.26. The molecule has 9 nitrogen and oxygen atoms in total. The maximum atomic E-state index is 14.3. The monoisotopic (exact) mass is 433 g/mol. The Hall–Kier alpha value is -4.21. The van der Waals surface area contributed by atoms with Crippen molar-refractivity contribution in [3.8, 4) is 5.69 Å². The number of nitrogen functional groups attached to an aromatic ring is 1. The maximum Gasteiger partial charge on any atom is 0.282 e. The van der Waals surface area contributed by atoms with Crippen LogP contribution in [0.4, 0.5) is 22.0 Å². The summed E-state index contributed by atoms with van der Waals surface area (Å²) >= 11 is 0. The Bertz CT molecular complexity index is 1410. The van der Waals surface area contributed by atoms with Crippen LogP contribution in [0, 0.1) is 5.82 Å². The van der Waals surface area contributed by atoms with Crippen molar-refractivity contribution in [3.05, 3.63) is 76.2 Å². The van der Waals surface area contributed by atoms with E-state index in [2.05, 4.69) is 20.6 Å². The number of nitrogens with zero attached hydrogens (tertiary/aromatic N) is 4. The summed E-state index contributed by atoms with van der Waals surface area (Å²) in [5.74, 6) is -0.0168. The van der Waals surface area contributed by atoms with Gasteiger partial charge < -0.3 is 20.8 Å². The zero-order valence-corrected chi connectivity index (χ0v) is 17.2. The van der Waals surface area contributed by atoms with E-state index in [4.69, 9.17) is 5.73 Å². The average Bonchev–Trinajstić information content (AvgIpc) is 3.15. The molecule has 0 amide bonds. The van der Waals surface area contributed by atoms with E-state index < -0.39 is 17.4 Å². The molecule has 0 fully saturated rings. The predicted molar refractivity (Wildman–Crippen MR) is 119 cm³/mol. The summed E-state index contributed by atoms with van der Waals surface area (Å²) in [6.45, 7) is 2.30. The first-order valence-corrected chi connectivity index (χ1v) is 10.1. The third-order valence-corrected chi connectivity index (χ3v) is 5.46. The van der Waals surface area contributed by atoms with Crippen molar-refractivity contribution in [1.29, 1.82) is 0 Å². The maximum absolute atomic E-state index is 14.3. The minimum Gasteiger partial charge on any atom is -0.369 e. The predicted octanol–water partition coefficient (Wildman–Crippen LogP) is 2.77. The van der Waals surface area contributed by atoms with Gasteiger partial charge in [0.25, 0.3) is 5.56 Å². The summed E-state index contributed by atoms with van der Waals surface area (Å²) in [4.78, 5) is 34.2. The molecule has 1 aliphatic rings. The normalized spacial score (nSPS) is 14.1. The highest BCUT2D eigenvalue weighted by molar-refractivity contribution is 6.06. The number of Topliss-reactive ketones (excluding diaryl/α,β-unsaturated/α-hetero) is 1. The zero-order valence-electron chi connectivity index (χ0n) is 17.2. The Kier molecular flexibility index (Phi) is 4.62. The molecule has 4 aromatic rings. The number of ketones is 1. The average molecular weight is 433 g/mol. The molecular formula is C22H20FN7O2. The van der Waals surface area contributed by atoms with Crippen molar-refractivity contribution in [2.75, 3.05) is 22.9 Å². The van der Waals surface area contributed by atoms with Crippen molar-refractivity contribution >= 4 is 28.9 Å². The number of rotatable bonds is 4. The van der Waals surface area contributed by atoms with Gasteiger partial charge in [-0.25, -0.2) is 4.39 Å². The van der Waals surface area contributed by atoms with E-state index in [1.807, 2.05) is 13.0 Å². The van der Waals surface area contributed by atoms with Crippen LogP contribution >= 0.6 is 0 Å². The lowest BCUT2D eigenvalue weighted by Crippen LogP contribution is -2.28. The van der Waals surface area contributed by atoms with Crippen LogP contribution in [0.15, 0.2) is 53.6 Å². The first-order chi connectivity index (χ1) is 15.4.